The lowest BCUT2D eigenvalue weighted by Crippen LogP contribution is -1.99. The first-order valence-corrected chi connectivity index (χ1v) is 9.39. The lowest BCUT2D eigenvalue weighted by Gasteiger charge is -2.03. The quantitative estimate of drug-likeness (QED) is 0.526. The van der Waals surface area contributed by atoms with Crippen LogP contribution in [0.3, 0.4) is 0 Å². The highest BCUT2D eigenvalue weighted by atomic mass is 32.1. The fraction of sp³-hybridized carbons (Fsp3) is 0.0526. The molecule has 0 saturated carbocycles. The van der Waals surface area contributed by atoms with Crippen LogP contribution >= 0.6 is 22.7 Å². The van der Waals surface area contributed by atoms with Crippen LogP contribution in [0.25, 0.3) is 10.7 Å². The molecule has 4 rings (SSSR count). The molecule has 0 bridgehead atoms. The lowest BCUT2D eigenvalue weighted by atomic mass is 10.2. The van der Waals surface area contributed by atoms with Crippen LogP contribution in [0.4, 0.5) is 5.69 Å². The third kappa shape index (κ3) is 3.97. The summed E-state index contributed by atoms with van der Waals surface area (Å²) in [5, 5.41) is 11.3. The minimum absolute atomic E-state index is 0.472. The third-order valence-electron chi connectivity index (χ3n) is 3.37. The van der Waals surface area contributed by atoms with Crippen molar-refractivity contribution in [3.05, 3.63) is 75.6 Å². The molecule has 0 saturated heterocycles. The van der Waals surface area contributed by atoms with E-state index in [4.69, 9.17) is 4.52 Å². The van der Waals surface area contributed by atoms with Crippen molar-refractivity contribution in [3.63, 3.8) is 0 Å². The van der Waals surface area contributed by atoms with Crippen molar-refractivity contribution in [1.82, 2.24) is 10.1 Å². The van der Waals surface area contributed by atoms with Crippen molar-refractivity contribution in [3.8, 4) is 22.5 Å². The summed E-state index contributed by atoms with van der Waals surface area (Å²) in [4.78, 5) is 6.47. The molecule has 1 aromatic carbocycles. The van der Waals surface area contributed by atoms with Crippen LogP contribution in [0.2, 0.25) is 0 Å². The number of benzene rings is 1. The number of nitrogens with one attached hydrogen (secondary N) is 1. The molecule has 6 heteroatoms. The maximum atomic E-state index is 5.29. The molecule has 0 unspecified atom stereocenters. The van der Waals surface area contributed by atoms with Gasteiger partial charge in [0.05, 0.1) is 16.3 Å². The van der Waals surface area contributed by atoms with Gasteiger partial charge in [0.15, 0.2) is 0 Å². The summed E-state index contributed by atoms with van der Waals surface area (Å²) in [5.74, 6) is 7.52. The first kappa shape index (κ1) is 15.6. The second kappa shape index (κ2) is 7.34. The zero-order chi connectivity index (χ0) is 16.9. The van der Waals surface area contributed by atoms with E-state index in [0.717, 1.165) is 21.0 Å². The van der Waals surface area contributed by atoms with Crippen molar-refractivity contribution in [2.45, 2.75) is 6.54 Å². The maximum Gasteiger partial charge on any atom is 0.246 e. The Bertz CT molecular complexity index is 1010. The van der Waals surface area contributed by atoms with Gasteiger partial charge in [0.1, 0.15) is 0 Å². The topological polar surface area (TPSA) is 51.0 Å². The molecule has 122 valence electrons. The molecule has 3 aromatic heterocycles. The van der Waals surface area contributed by atoms with E-state index in [-0.39, 0.29) is 0 Å². The second-order valence-corrected chi connectivity index (χ2v) is 7.05. The van der Waals surface area contributed by atoms with Gasteiger partial charge in [-0.3, -0.25) is 0 Å². The van der Waals surface area contributed by atoms with Crippen LogP contribution in [-0.2, 0) is 6.54 Å². The largest absolute Gasteiger partial charge is 0.376 e. The Morgan fingerprint density at radius 1 is 1.00 bits per heavy atom. The third-order valence-corrected chi connectivity index (χ3v) is 5.02. The van der Waals surface area contributed by atoms with E-state index in [9.17, 15) is 0 Å². The van der Waals surface area contributed by atoms with Gasteiger partial charge in [0, 0.05) is 11.3 Å². The Morgan fingerprint density at radius 3 is 2.76 bits per heavy atom. The Hall–Kier alpha value is -2.88. The molecular weight excluding hydrogens is 350 g/mol. The summed E-state index contributed by atoms with van der Waals surface area (Å²) in [6, 6.07) is 15.9. The monoisotopic (exact) mass is 363 g/mol. The standard InChI is InChI=1S/C19H13N3OS2/c1-4-14(8-9-16-6-2-10-24-16)12-15(5-1)20-13-18-21-19(22-23-18)17-7-3-11-25-17/h1-7,10-12,20H,13H2. The summed E-state index contributed by atoms with van der Waals surface area (Å²) in [5.41, 5.74) is 1.93. The fourth-order valence-electron chi connectivity index (χ4n) is 2.20. The Labute approximate surface area is 153 Å². The summed E-state index contributed by atoms with van der Waals surface area (Å²) in [6.07, 6.45) is 0. The summed E-state index contributed by atoms with van der Waals surface area (Å²) in [6.45, 7) is 0.472. The first-order chi connectivity index (χ1) is 12.4. The predicted octanol–water partition coefficient (Wildman–Crippen LogP) is 4.87. The van der Waals surface area contributed by atoms with E-state index in [1.165, 1.54) is 0 Å². The SMILES string of the molecule is C(#Cc1cccs1)c1cccc(NCc2nc(-c3cccs3)no2)c1. The van der Waals surface area contributed by atoms with Crippen LogP contribution in [0, 0.1) is 11.8 Å². The van der Waals surface area contributed by atoms with Gasteiger partial charge < -0.3 is 9.84 Å². The fourth-order valence-corrected chi connectivity index (χ4v) is 3.42. The molecule has 0 atom stereocenters. The van der Waals surface area contributed by atoms with Crippen LogP contribution < -0.4 is 5.32 Å². The molecular formula is C19H13N3OS2. The van der Waals surface area contributed by atoms with Gasteiger partial charge in [-0.1, -0.05) is 35.2 Å². The molecule has 0 amide bonds. The Morgan fingerprint density at radius 2 is 1.92 bits per heavy atom. The van der Waals surface area contributed by atoms with Gasteiger partial charge in [0.25, 0.3) is 0 Å². The Kier molecular flexibility index (Phi) is 4.59. The average Bonchev–Trinajstić information content (AvgIpc) is 3.41. The van der Waals surface area contributed by atoms with Crippen molar-refractivity contribution in [1.29, 1.82) is 0 Å². The predicted molar refractivity (Wildman–Crippen MR) is 102 cm³/mol. The molecule has 0 aliphatic carbocycles. The smallest absolute Gasteiger partial charge is 0.246 e. The van der Waals surface area contributed by atoms with E-state index in [2.05, 4.69) is 27.3 Å². The number of anilines is 1. The molecule has 25 heavy (non-hydrogen) atoms. The highest BCUT2D eigenvalue weighted by Crippen LogP contribution is 2.21. The minimum atomic E-state index is 0.472. The first-order valence-electron chi connectivity index (χ1n) is 7.63. The highest BCUT2D eigenvalue weighted by molar-refractivity contribution is 7.13. The van der Waals surface area contributed by atoms with E-state index < -0.39 is 0 Å². The summed E-state index contributed by atoms with van der Waals surface area (Å²) < 4.78 is 5.29. The molecule has 1 N–H and O–H groups in total. The molecule has 0 aliphatic heterocycles. The van der Waals surface area contributed by atoms with Gasteiger partial charge in [-0.15, -0.1) is 22.7 Å². The molecule has 0 radical (unpaired) electrons. The van der Waals surface area contributed by atoms with E-state index >= 15 is 0 Å². The van der Waals surface area contributed by atoms with Crippen molar-refractivity contribution < 1.29 is 4.52 Å². The van der Waals surface area contributed by atoms with E-state index in [0.29, 0.717) is 18.3 Å². The normalized spacial score (nSPS) is 10.2. The van der Waals surface area contributed by atoms with E-state index in [1.807, 2.05) is 59.3 Å². The second-order valence-electron chi connectivity index (χ2n) is 5.15. The van der Waals surface area contributed by atoms with Gasteiger partial charge in [-0.2, -0.15) is 4.98 Å². The number of rotatable bonds is 4. The zero-order valence-electron chi connectivity index (χ0n) is 13.1. The molecule has 3 heterocycles. The molecule has 4 aromatic rings. The number of nitrogens with zero attached hydrogens (tertiary/aromatic N) is 2. The zero-order valence-corrected chi connectivity index (χ0v) is 14.7. The summed E-state index contributed by atoms with van der Waals surface area (Å²) in [7, 11) is 0. The van der Waals surface area contributed by atoms with Crippen LogP contribution in [-0.4, -0.2) is 10.1 Å². The summed E-state index contributed by atoms with van der Waals surface area (Å²) >= 11 is 3.23. The number of thiophene rings is 2. The molecule has 0 spiro atoms. The lowest BCUT2D eigenvalue weighted by molar-refractivity contribution is 0.384. The number of hydrogen-bond donors (Lipinski definition) is 1. The van der Waals surface area contributed by atoms with Crippen LogP contribution in [0.15, 0.2) is 63.8 Å². The highest BCUT2D eigenvalue weighted by Gasteiger charge is 2.09. The van der Waals surface area contributed by atoms with Crippen molar-refractivity contribution >= 4 is 28.4 Å². The molecule has 4 nitrogen and oxygen atoms in total. The molecule has 0 fully saturated rings. The van der Waals surface area contributed by atoms with Gasteiger partial charge in [0.2, 0.25) is 11.7 Å². The van der Waals surface area contributed by atoms with Crippen molar-refractivity contribution in [2.24, 2.45) is 0 Å². The van der Waals surface area contributed by atoms with Gasteiger partial charge in [-0.25, -0.2) is 0 Å². The average molecular weight is 363 g/mol. The van der Waals surface area contributed by atoms with Gasteiger partial charge >= 0.3 is 0 Å². The molecule has 0 aliphatic rings. The number of hydrogen-bond acceptors (Lipinski definition) is 6. The minimum Gasteiger partial charge on any atom is -0.376 e. The van der Waals surface area contributed by atoms with Crippen molar-refractivity contribution in [2.75, 3.05) is 5.32 Å². The maximum absolute atomic E-state index is 5.29. The number of aromatic nitrogens is 2. The van der Waals surface area contributed by atoms with Crippen LogP contribution in [0.1, 0.15) is 16.3 Å². The van der Waals surface area contributed by atoms with E-state index in [1.54, 1.807) is 22.7 Å². The van der Waals surface area contributed by atoms with Gasteiger partial charge in [-0.05, 0) is 41.1 Å². The van der Waals surface area contributed by atoms with Crippen LogP contribution in [0.5, 0.6) is 0 Å². The Balaban J connectivity index is 1.42.